The molecule has 2 atom stereocenters. The number of hydrogen-bond acceptors (Lipinski definition) is 3. The second kappa shape index (κ2) is 6.92. The number of benzene rings is 1. The van der Waals surface area contributed by atoms with Crippen LogP contribution in [-0.2, 0) is 11.2 Å². The summed E-state index contributed by atoms with van der Waals surface area (Å²) in [5.41, 5.74) is 2.85. The second-order valence-corrected chi connectivity index (χ2v) is 5.26. The Kier molecular flexibility index (Phi) is 5.23. The van der Waals surface area contributed by atoms with E-state index in [-0.39, 0.29) is 0 Å². The summed E-state index contributed by atoms with van der Waals surface area (Å²) in [6, 6.07) is 7.31. The second-order valence-electron chi connectivity index (χ2n) is 5.26. The predicted octanol–water partition coefficient (Wildman–Crippen LogP) is 3.09. The molecule has 0 heterocycles. The van der Waals surface area contributed by atoms with Crippen molar-refractivity contribution in [1.82, 2.24) is 5.32 Å². The van der Waals surface area contributed by atoms with Gasteiger partial charge in [-0.3, -0.25) is 0 Å². The first kappa shape index (κ1) is 14.4. The third-order valence-corrected chi connectivity index (χ3v) is 3.87. The Balaban J connectivity index is 2.07. The highest BCUT2D eigenvalue weighted by Crippen LogP contribution is 2.34. The Morgan fingerprint density at radius 1 is 1.37 bits per heavy atom. The summed E-state index contributed by atoms with van der Waals surface area (Å²) in [7, 11) is 3.50. The molecule has 0 bridgehead atoms. The maximum absolute atomic E-state index is 5.34. The van der Waals surface area contributed by atoms with Crippen LogP contribution in [0.4, 0.5) is 0 Å². The monoisotopic (exact) mass is 263 g/mol. The fraction of sp³-hybridized carbons (Fsp3) is 0.625. The van der Waals surface area contributed by atoms with Gasteiger partial charge in [-0.05, 0) is 42.5 Å². The minimum absolute atomic E-state index is 0.441. The molecule has 2 rings (SSSR count). The summed E-state index contributed by atoms with van der Waals surface area (Å²) >= 11 is 0. The van der Waals surface area contributed by atoms with E-state index in [1.807, 2.05) is 0 Å². The van der Waals surface area contributed by atoms with Crippen molar-refractivity contribution in [3.63, 3.8) is 0 Å². The molecular weight excluding hydrogens is 238 g/mol. The number of aryl methyl sites for hydroxylation is 1. The van der Waals surface area contributed by atoms with Gasteiger partial charge in [-0.1, -0.05) is 19.4 Å². The van der Waals surface area contributed by atoms with Gasteiger partial charge in [0.05, 0.1) is 13.7 Å². The SMILES string of the molecule is CCCC(COC)NC1CCc2ccc(OC)cc21. The topological polar surface area (TPSA) is 30.5 Å². The Hall–Kier alpha value is -1.06. The van der Waals surface area contributed by atoms with E-state index in [0.29, 0.717) is 12.1 Å². The average molecular weight is 263 g/mol. The van der Waals surface area contributed by atoms with Crippen LogP contribution >= 0.6 is 0 Å². The van der Waals surface area contributed by atoms with Crippen LogP contribution in [0.1, 0.15) is 43.4 Å². The summed E-state index contributed by atoms with van der Waals surface area (Å²) < 4.78 is 10.6. The number of rotatable bonds is 7. The molecule has 1 N–H and O–H groups in total. The summed E-state index contributed by atoms with van der Waals surface area (Å²) in [6.07, 6.45) is 4.66. The molecule has 3 nitrogen and oxygen atoms in total. The van der Waals surface area contributed by atoms with Crippen molar-refractivity contribution in [2.24, 2.45) is 0 Å². The third-order valence-electron chi connectivity index (χ3n) is 3.87. The molecule has 1 aliphatic rings. The molecule has 1 aromatic rings. The van der Waals surface area contributed by atoms with Crippen molar-refractivity contribution in [3.8, 4) is 5.75 Å². The van der Waals surface area contributed by atoms with Crippen molar-refractivity contribution in [2.45, 2.75) is 44.7 Å². The standard InChI is InChI=1S/C16H25NO2/c1-4-5-13(11-18-2)17-16-9-7-12-6-8-14(19-3)10-15(12)16/h6,8,10,13,16-17H,4-5,7,9,11H2,1-3H3. The van der Waals surface area contributed by atoms with Gasteiger partial charge in [0.1, 0.15) is 5.75 Å². The molecule has 0 aliphatic heterocycles. The molecule has 0 fully saturated rings. The Bertz CT molecular complexity index is 400. The zero-order valence-electron chi connectivity index (χ0n) is 12.2. The summed E-state index contributed by atoms with van der Waals surface area (Å²) in [4.78, 5) is 0. The molecule has 19 heavy (non-hydrogen) atoms. The van der Waals surface area contributed by atoms with E-state index in [9.17, 15) is 0 Å². The van der Waals surface area contributed by atoms with Crippen LogP contribution in [0.15, 0.2) is 18.2 Å². The molecule has 1 aromatic carbocycles. The molecule has 0 radical (unpaired) electrons. The molecule has 1 aliphatic carbocycles. The minimum Gasteiger partial charge on any atom is -0.497 e. The first-order chi connectivity index (χ1) is 9.28. The van der Waals surface area contributed by atoms with Crippen LogP contribution in [0.2, 0.25) is 0 Å². The normalized spacial score (nSPS) is 19.2. The highest BCUT2D eigenvalue weighted by molar-refractivity contribution is 5.40. The molecule has 0 spiro atoms. The summed E-state index contributed by atoms with van der Waals surface area (Å²) in [6.45, 7) is 3.00. The lowest BCUT2D eigenvalue weighted by Gasteiger charge is -2.23. The fourth-order valence-electron chi connectivity index (χ4n) is 2.93. The van der Waals surface area contributed by atoms with Gasteiger partial charge in [-0.15, -0.1) is 0 Å². The van der Waals surface area contributed by atoms with Crippen molar-refractivity contribution in [1.29, 1.82) is 0 Å². The quantitative estimate of drug-likeness (QED) is 0.820. The number of nitrogens with one attached hydrogen (secondary N) is 1. The average Bonchev–Trinajstić information content (AvgIpc) is 2.82. The van der Waals surface area contributed by atoms with E-state index in [2.05, 4.69) is 30.4 Å². The number of hydrogen-bond donors (Lipinski definition) is 1. The van der Waals surface area contributed by atoms with Crippen molar-refractivity contribution >= 4 is 0 Å². The van der Waals surface area contributed by atoms with Crippen LogP contribution in [0.5, 0.6) is 5.75 Å². The molecular formula is C16H25NO2. The smallest absolute Gasteiger partial charge is 0.119 e. The lowest BCUT2D eigenvalue weighted by atomic mass is 10.1. The van der Waals surface area contributed by atoms with E-state index in [0.717, 1.165) is 25.2 Å². The molecule has 0 saturated carbocycles. The Morgan fingerprint density at radius 3 is 2.89 bits per heavy atom. The lowest BCUT2D eigenvalue weighted by molar-refractivity contribution is 0.155. The van der Waals surface area contributed by atoms with E-state index < -0.39 is 0 Å². The van der Waals surface area contributed by atoms with Gasteiger partial charge in [-0.2, -0.15) is 0 Å². The molecule has 0 aromatic heterocycles. The van der Waals surface area contributed by atoms with E-state index >= 15 is 0 Å². The Labute approximate surface area is 116 Å². The van der Waals surface area contributed by atoms with Gasteiger partial charge in [0.25, 0.3) is 0 Å². The minimum atomic E-state index is 0.441. The maximum atomic E-state index is 5.34. The van der Waals surface area contributed by atoms with Crippen LogP contribution < -0.4 is 10.1 Å². The maximum Gasteiger partial charge on any atom is 0.119 e. The van der Waals surface area contributed by atoms with Gasteiger partial charge in [0.2, 0.25) is 0 Å². The predicted molar refractivity (Wildman–Crippen MR) is 77.8 cm³/mol. The largest absolute Gasteiger partial charge is 0.497 e. The van der Waals surface area contributed by atoms with Gasteiger partial charge >= 0.3 is 0 Å². The Morgan fingerprint density at radius 2 is 2.21 bits per heavy atom. The molecule has 2 unspecified atom stereocenters. The van der Waals surface area contributed by atoms with Crippen LogP contribution in [0.3, 0.4) is 0 Å². The summed E-state index contributed by atoms with van der Waals surface area (Å²) in [5.74, 6) is 0.950. The van der Waals surface area contributed by atoms with Crippen molar-refractivity contribution < 1.29 is 9.47 Å². The first-order valence-corrected chi connectivity index (χ1v) is 7.20. The van der Waals surface area contributed by atoms with E-state index in [1.165, 1.54) is 24.0 Å². The van der Waals surface area contributed by atoms with Gasteiger partial charge < -0.3 is 14.8 Å². The van der Waals surface area contributed by atoms with Crippen molar-refractivity contribution in [2.75, 3.05) is 20.8 Å². The van der Waals surface area contributed by atoms with Gasteiger partial charge in [0.15, 0.2) is 0 Å². The number of ether oxygens (including phenoxy) is 2. The van der Waals surface area contributed by atoms with Gasteiger partial charge in [-0.25, -0.2) is 0 Å². The first-order valence-electron chi connectivity index (χ1n) is 7.20. The third kappa shape index (κ3) is 3.48. The number of fused-ring (bicyclic) bond motifs is 1. The van der Waals surface area contributed by atoms with Crippen LogP contribution in [0, 0.1) is 0 Å². The van der Waals surface area contributed by atoms with Crippen molar-refractivity contribution in [3.05, 3.63) is 29.3 Å². The summed E-state index contributed by atoms with van der Waals surface area (Å²) in [5, 5.41) is 3.74. The molecule has 0 saturated heterocycles. The zero-order chi connectivity index (χ0) is 13.7. The van der Waals surface area contributed by atoms with E-state index in [1.54, 1.807) is 14.2 Å². The lowest BCUT2D eigenvalue weighted by Crippen LogP contribution is -2.35. The van der Waals surface area contributed by atoms with Crippen LogP contribution in [-0.4, -0.2) is 26.9 Å². The highest BCUT2D eigenvalue weighted by Gasteiger charge is 2.24. The zero-order valence-corrected chi connectivity index (χ0v) is 12.2. The molecule has 3 heteroatoms. The molecule has 106 valence electrons. The van der Waals surface area contributed by atoms with E-state index in [4.69, 9.17) is 9.47 Å². The highest BCUT2D eigenvalue weighted by atomic mass is 16.5. The van der Waals surface area contributed by atoms with Gasteiger partial charge in [0, 0.05) is 19.2 Å². The van der Waals surface area contributed by atoms with Crippen LogP contribution in [0.25, 0.3) is 0 Å². The number of methoxy groups -OCH3 is 2. The fourth-order valence-corrected chi connectivity index (χ4v) is 2.93. The molecule has 0 amide bonds.